The lowest BCUT2D eigenvalue weighted by molar-refractivity contribution is -0.384. The van der Waals surface area contributed by atoms with Gasteiger partial charge in [-0.2, -0.15) is 0 Å². The molecule has 1 aromatic heterocycles. The molecule has 0 amide bonds. The molecule has 0 radical (unpaired) electrons. The molecule has 0 aliphatic carbocycles. The molecule has 4 rings (SSSR count). The summed E-state index contributed by atoms with van der Waals surface area (Å²) in [6, 6.07) is 19.5. The number of Topliss-reactive ketones (excluding diaryl/α,β-unsaturated/α-hetero) is 1. The quantitative estimate of drug-likeness (QED) is 0.169. The van der Waals surface area contributed by atoms with Crippen LogP contribution in [0.25, 0.3) is 27.5 Å². The first-order chi connectivity index (χ1) is 14.0. The van der Waals surface area contributed by atoms with E-state index in [-0.39, 0.29) is 17.2 Å². The lowest BCUT2D eigenvalue weighted by Crippen LogP contribution is -2.13. The number of rotatable bonds is 5. The third-order valence-corrected chi connectivity index (χ3v) is 4.97. The third kappa shape index (κ3) is 3.02. The molecule has 4 aromatic rings. The zero-order valence-corrected chi connectivity index (χ0v) is 15.6. The minimum absolute atomic E-state index is 0.0386. The van der Waals surface area contributed by atoms with E-state index in [9.17, 15) is 14.9 Å². The summed E-state index contributed by atoms with van der Waals surface area (Å²) in [5.74, 6) is -0.320. The van der Waals surface area contributed by atoms with E-state index in [2.05, 4.69) is 5.16 Å². The van der Waals surface area contributed by atoms with Crippen molar-refractivity contribution in [3.63, 3.8) is 0 Å². The van der Waals surface area contributed by atoms with E-state index in [4.69, 9.17) is 5.21 Å². The summed E-state index contributed by atoms with van der Waals surface area (Å²) in [6.07, 6.45) is 0.336. The summed E-state index contributed by atoms with van der Waals surface area (Å²) in [6.45, 7) is 1.75. The van der Waals surface area contributed by atoms with Gasteiger partial charge in [-0.15, -0.1) is 0 Å². The van der Waals surface area contributed by atoms with Crippen molar-refractivity contribution in [3.05, 3.63) is 82.4 Å². The molecule has 7 heteroatoms. The lowest BCUT2D eigenvalue weighted by Gasteiger charge is -2.09. The number of carbonyl (C=O) groups excluding carboxylic acids is 1. The van der Waals surface area contributed by atoms with Gasteiger partial charge in [0.1, 0.15) is 5.71 Å². The fraction of sp³-hybridized carbons (Fsp3) is 0.0909. The number of para-hydroxylation sites is 1. The summed E-state index contributed by atoms with van der Waals surface area (Å²) >= 11 is 0. The fourth-order valence-electron chi connectivity index (χ4n) is 3.56. The van der Waals surface area contributed by atoms with Crippen LogP contribution in [0.15, 0.2) is 71.9 Å². The van der Waals surface area contributed by atoms with E-state index < -0.39 is 4.92 Å². The van der Waals surface area contributed by atoms with Crippen molar-refractivity contribution in [2.75, 3.05) is 0 Å². The van der Waals surface area contributed by atoms with E-state index in [0.717, 1.165) is 27.5 Å². The van der Waals surface area contributed by atoms with Crippen molar-refractivity contribution in [1.82, 2.24) is 4.57 Å². The van der Waals surface area contributed by atoms with Gasteiger partial charge in [0.15, 0.2) is 0 Å². The van der Waals surface area contributed by atoms with Gasteiger partial charge in [-0.3, -0.25) is 14.9 Å². The molecule has 0 bridgehead atoms. The molecule has 1 N–H and O–H groups in total. The molecule has 0 saturated heterocycles. The summed E-state index contributed by atoms with van der Waals surface area (Å²) < 4.78 is 2.00. The maximum atomic E-state index is 12.4. The maximum absolute atomic E-state index is 12.4. The van der Waals surface area contributed by atoms with Gasteiger partial charge in [0.05, 0.1) is 16.0 Å². The molecule has 0 atom stereocenters. The normalized spacial score (nSPS) is 11.8. The molecule has 29 heavy (non-hydrogen) atoms. The number of hydrogen-bond acceptors (Lipinski definition) is 5. The second kappa shape index (κ2) is 7.20. The van der Waals surface area contributed by atoms with Crippen molar-refractivity contribution in [2.24, 2.45) is 5.16 Å². The monoisotopic (exact) mass is 387 g/mol. The number of nitro benzene ring substituents is 1. The van der Waals surface area contributed by atoms with Gasteiger partial charge in [0.25, 0.3) is 5.69 Å². The summed E-state index contributed by atoms with van der Waals surface area (Å²) in [5.41, 5.74) is 3.13. The van der Waals surface area contributed by atoms with Crippen LogP contribution in [0, 0.1) is 10.1 Å². The highest BCUT2D eigenvalue weighted by atomic mass is 16.6. The highest BCUT2D eigenvalue weighted by Gasteiger charge is 2.17. The number of hydrogen-bond donors (Lipinski definition) is 1. The molecule has 144 valence electrons. The van der Waals surface area contributed by atoms with Gasteiger partial charge >= 0.3 is 0 Å². The van der Waals surface area contributed by atoms with Crippen LogP contribution in [0.4, 0.5) is 5.69 Å². The van der Waals surface area contributed by atoms with Crippen molar-refractivity contribution in [1.29, 1.82) is 0 Å². The Kier molecular flexibility index (Phi) is 4.56. The number of nitro groups is 1. The van der Waals surface area contributed by atoms with Crippen LogP contribution in [0.5, 0.6) is 0 Å². The number of oxime groups is 1. The molecule has 0 saturated carbocycles. The van der Waals surface area contributed by atoms with Gasteiger partial charge in [-0.05, 0) is 42.8 Å². The number of fused-ring (bicyclic) bond motifs is 3. The zero-order chi connectivity index (χ0) is 20.5. The van der Waals surface area contributed by atoms with E-state index in [1.807, 2.05) is 41.0 Å². The molecule has 0 aliphatic heterocycles. The van der Waals surface area contributed by atoms with Crippen LogP contribution in [0.3, 0.4) is 0 Å². The molecular weight excluding hydrogens is 370 g/mol. The van der Waals surface area contributed by atoms with Gasteiger partial charge in [0, 0.05) is 34.2 Å². The van der Waals surface area contributed by atoms with Gasteiger partial charge in [-0.25, -0.2) is 0 Å². The highest BCUT2D eigenvalue weighted by Crippen LogP contribution is 2.34. The second-order valence-corrected chi connectivity index (χ2v) is 6.59. The Balaban J connectivity index is 1.89. The molecule has 0 unspecified atom stereocenters. The second-order valence-electron chi connectivity index (χ2n) is 6.59. The molecule has 1 heterocycles. The Bertz CT molecular complexity index is 1290. The summed E-state index contributed by atoms with van der Waals surface area (Å²) in [5, 5.41) is 24.9. The van der Waals surface area contributed by atoms with Crippen LogP contribution in [-0.2, 0) is 0 Å². The number of benzene rings is 3. The first-order valence-electron chi connectivity index (χ1n) is 9.08. The average Bonchev–Trinajstić information content (AvgIpc) is 3.08. The van der Waals surface area contributed by atoms with Gasteiger partial charge < -0.3 is 9.77 Å². The molecule has 7 nitrogen and oxygen atoms in total. The predicted octanol–water partition coefficient (Wildman–Crippen LogP) is 5.11. The lowest BCUT2D eigenvalue weighted by atomic mass is 10.0. The largest absolute Gasteiger partial charge is 0.411 e. The zero-order valence-electron chi connectivity index (χ0n) is 15.6. The maximum Gasteiger partial charge on any atom is 0.270 e. The summed E-state index contributed by atoms with van der Waals surface area (Å²) in [7, 11) is 0. The SMILES string of the molecule is CC/C(=N\O)C(=O)c1ccc(-n2c3ccccc3c3cc([N+](=O)[O-])ccc32)cc1. The van der Waals surface area contributed by atoms with Crippen molar-refractivity contribution in [2.45, 2.75) is 13.3 Å². The van der Waals surface area contributed by atoms with Crippen molar-refractivity contribution < 1.29 is 14.9 Å². The van der Waals surface area contributed by atoms with Gasteiger partial charge in [-0.1, -0.05) is 30.3 Å². The minimum Gasteiger partial charge on any atom is -0.411 e. The molecule has 0 aliphatic rings. The van der Waals surface area contributed by atoms with Crippen LogP contribution >= 0.6 is 0 Å². The Morgan fingerprint density at radius 2 is 1.72 bits per heavy atom. The Morgan fingerprint density at radius 1 is 1.03 bits per heavy atom. The number of carbonyl (C=O) groups is 1. The van der Waals surface area contributed by atoms with Crippen molar-refractivity contribution >= 4 is 39.0 Å². The smallest absolute Gasteiger partial charge is 0.270 e. The fourth-order valence-corrected chi connectivity index (χ4v) is 3.56. The number of nitrogens with zero attached hydrogens (tertiary/aromatic N) is 3. The van der Waals surface area contributed by atoms with Crippen LogP contribution in [-0.4, -0.2) is 26.2 Å². The standard InChI is InChI=1S/C22H17N3O4/c1-2-19(23-27)22(26)14-7-9-15(10-8-14)24-20-6-4-3-5-17(20)18-13-16(25(28)29)11-12-21(18)24/h3-13,27H,2H2,1H3/b23-19+. The number of ketones is 1. The van der Waals surface area contributed by atoms with E-state index >= 15 is 0 Å². The first kappa shape index (κ1) is 18.4. The third-order valence-electron chi connectivity index (χ3n) is 4.97. The molecule has 0 spiro atoms. The number of non-ortho nitro benzene ring substituents is 1. The molecular formula is C22H17N3O4. The van der Waals surface area contributed by atoms with Gasteiger partial charge in [0.2, 0.25) is 5.78 Å². The Labute approximate surface area is 165 Å². The van der Waals surface area contributed by atoms with E-state index in [1.54, 1.807) is 31.2 Å². The Hall–Kier alpha value is -4.00. The first-order valence-corrected chi connectivity index (χ1v) is 9.08. The number of aromatic nitrogens is 1. The molecule has 3 aromatic carbocycles. The Morgan fingerprint density at radius 3 is 2.38 bits per heavy atom. The predicted molar refractivity (Wildman–Crippen MR) is 111 cm³/mol. The summed E-state index contributed by atoms with van der Waals surface area (Å²) in [4.78, 5) is 23.2. The van der Waals surface area contributed by atoms with Crippen LogP contribution < -0.4 is 0 Å². The molecule has 0 fully saturated rings. The van der Waals surface area contributed by atoms with E-state index in [1.165, 1.54) is 6.07 Å². The van der Waals surface area contributed by atoms with Crippen molar-refractivity contribution in [3.8, 4) is 5.69 Å². The van der Waals surface area contributed by atoms with E-state index in [0.29, 0.717) is 12.0 Å². The van der Waals surface area contributed by atoms with Crippen LogP contribution in [0.2, 0.25) is 0 Å². The highest BCUT2D eigenvalue weighted by molar-refractivity contribution is 6.45. The average molecular weight is 387 g/mol. The van der Waals surface area contributed by atoms with Crippen LogP contribution in [0.1, 0.15) is 23.7 Å². The minimum atomic E-state index is -0.403. The topological polar surface area (TPSA) is 97.7 Å².